The molecule has 1 atom stereocenters. The molecule has 0 aliphatic heterocycles. The zero-order valence-corrected chi connectivity index (χ0v) is 19.5. The number of fused-ring (bicyclic) bond motifs is 1. The lowest BCUT2D eigenvalue weighted by Crippen LogP contribution is -2.21. The average molecular weight is 476 g/mol. The summed E-state index contributed by atoms with van der Waals surface area (Å²) >= 11 is 0. The fourth-order valence-corrected chi connectivity index (χ4v) is 5.00. The third-order valence-corrected chi connectivity index (χ3v) is 6.90. The van der Waals surface area contributed by atoms with E-state index in [-0.39, 0.29) is 34.5 Å². The Morgan fingerprint density at radius 2 is 2.03 bits per heavy atom. The number of imidazole rings is 1. The van der Waals surface area contributed by atoms with Gasteiger partial charge in [-0.25, -0.2) is 9.78 Å². The van der Waals surface area contributed by atoms with Crippen molar-refractivity contribution in [3.63, 3.8) is 0 Å². The molecule has 2 heterocycles. The number of rotatable bonds is 7. The molecule has 2 aliphatic rings. The molecule has 1 amide bonds. The molecule has 8 nitrogen and oxygen atoms in total. The van der Waals surface area contributed by atoms with Gasteiger partial charge in [-0.3, -0.25) is 9.59 Å². The number of hydrogen-bond donors (Lipinski definition) is 3. The van der Waals surface area contributed by atoms with Crippen LogP contribution < -0.4 is 10.9 Å². The topological polar surface area (TPSA) is 125 Å². The zero-order chi connectivity index (χ0) is 24.4. The molecule has 2 aliphatic carbocycles. The predicted molar refractivity (Wildman–Crippen MR) is 130 cm³/mol. The second-order valence-corrected chi connectivity index (χ2v) is 9.50. The molecule has 0 spiro atoms. The van der Waals surface area contributed by atoms with Crippen LogP contribution in [0.25, 0.3) is 0 Å². The Morgan fingerprint density at radius 3 is 2.80 bits per heavy atom. The number of nitrogens with one attached hydrogen (secondary N) is 2. The van der Waals surface area contributed by atoms with Gasteiger partial charge in [0.05, 0.1) is 17.5 Å². The second kappa shape index (κ2) is 9.90. The van der Waals surface area contributed by atoms with E-state index >= 15 is 0 Å². The third-order valence-electron chi connectivity index (χ3n) is 6.90. The lowest BCUT2D eigenvalue weighted by Gasteiger charge is -2.21. The van der Waals surface area contributed by atoms with E-state index in [9.17, 15) is 19.5 Å². The molecule has 1 saturated carbocycles. The quantitative estimate of drug-likeness (QED) is 0.463. The fraction of sp³-hybridized carbons (Fsp3) is 0.407. The van der Waals surface area contributed by atoms with Crippen LogP contribution in [0.3, 0.4) is 0 Å². The number of aromatic amines is 1. The largest absolute Gasteiger partial charge is 0.506 e. The monoisotopic (exact) mass is 475 g/mol. The molecule has 2 aromatic heterocycles. The van der Waals surface area contributed by atoms with Crippen molar-refractivity contribution >= 4 is 17.4 Å². The summed E-state index contributed by atoms with van der Waals surface area (Å²) in [5.74, 6) is -0.472. The lowest BCUT2D eigenvalue weighted by molar-refractivity contribution is -0.116. The van der Waals surface area contributed by atoms with Crippen molar-refractivity contribution in [2.75, 3.05) is 5.32 Å². The number of Topliss-reactive ketones (excluding diaryl/α,β-unsaturated/α-hetero) is 1. The Bertz CT molecular complexity index is 1290. The van der Waals surface area contributed by atoms with Crippen LogP contribution in [0, 0.1) is 5.92 Å². The minimum atomic E-state index is -0.583. The predicted octanol–water partition coefficient (Wildman–Crippen LogP) is 4.48. The number of H-pyrrole nitrogens is 1. The first-order valence-corrected chi connectivity index (χ1v) is 12.3. The Hall–Kier alpha value is -3.68. The summed E-state index contributed by atoms with van der Waals surface area (Å²) in [6.07, 6.45) is 9.23. The average Bonchev–Trinajstić information content (AvgIpc) is 3.52. The van der Waals surface area contributed by atoms with Gasteiger partial charge in [-0.15, -0.1) is 0 Å². The number of carbonyl (C=O) groups excluding carboxylic acids is 2. The van der Waals surface area contributed by atoms with Crippen LogP contribution in [-0.2, 0) is 17.6 Å². The number of amides is 1. The molecule has 0 unspecified atom stereocenters. The van der Waals surface area contributed by atoms with Gasteiger partial charge < -0.3 is 19.8 Å². The maximum Gasteiger partial charge on any atom is 0.343 e. The van der Waals surface area contributed by atoms with Gasteiger partial charge in [0, 0.05) is 42.8 Å². The molecule has 5 rings (SSSR count). The summed E-state index contributed by atoms with van der Waals surface area (Å²) < 4.78 is 5.65. The Balaban J connectivity index is 1.44. The van der Waals surface area contributed by atoms with Crippen molar-refractivity contribution in [1.29, 1.82) is 0 Å². The first-order chi connectivity index (χ1) is 17.0. The second-order valence-electron chi connectivity index (χ2n) is 9.50. The minimum absolute atomic E-state index is 0.131. The van der Waals surface area contributed by atoms with E-state index in [0.717, 1.165) is 43.4 Å². The number of anilines is 1. The maximum absolute atomic E-state index is 13.1. The molecule has 3 aromatic rings. The molecule has 0 radical (unpaired) electrons. The molecular weight excluding hydrogens is 446 g/mol. The molecule has 0 saturated heterocycles. The molecule has 3 N–H and O–H groups in total. The Kier molecular flexibility index (Phi) is 6.53. The number of nitrogens with zero attached hydrogens (tertiary/aromatic N) is 1. The summed E-state index contributed by atoms with van der Waals surface area (Å²) in [6.45, 7) is 0. The summed E-state index contributed by atoms with van der Waals surface area (Å²) in [5.41, 5.74) is 2.06. The van der Waals surface area contributed by atoms with E-state index in [1.54, 1.807) is 18.6 Å². The van der Waals surface area contributed by atoms with E-state index in [4.69, 9.17) is 4.42 Å². The highest BCUT2D eigenvalue weighted by atomic mass is 16.4. The van der Waals surface area contributed by atoms with E-state index in [1.807, 2.05) is 18.2 Å². The standard InChI is InChI=1S/C27H29N3O5/c31-20-7-2-1-3-8-21-24(20)26(33)25(27(34)35-21)23(16-9-10-16)17-5-4-6-18(13-17)30-22(32)12-11-19-14-28-15-29-19/h4-6,13-16,23,33H,1-3,7-12H2,(H,28,29)(H,30,32)/t23-/m0/s1. The van der Waals surface area contributed by atoms with E-state index in [1.165, 1.54) is 0 Å². The first kappa shape index (κ1) is 23.1. The van der Waals surface area contributed by atoms with Crippen molar-refractivity contribution < 1.29 is 19.1 Å². The number of aromatic hydroxyl groups is 1. The van der Waals surface area contributed by atoms with Gasteiger partial charge in [-0.1, -0.05) is 18.6 Å². The zero-order valence-electron chi connectivity index (χ0n) is 19.5. The molecule has 35 heavy (non-hydrogen) atoms. The fourth-order valence-electron chi connectivity index (χ4n) is 5.00. The van der Waals surface area contributed by atoms with E-state index in [0.29, 0.717) is 37.1 Å². The van der Waals surface area contributed by atoms with Gasteiger partial charge in [0.2, 0.25) is 5.91 Å². The van der Waals surface area contributed by atoms with Gasteiger partial charge in [0.15, 0.2) is 5.78 Å². The van der Waals surface area contributed by atoms with E-state index < -0.39 is 11.5 Å². The van der Waals surface area contributed by atoms with Crippen LogP contribution in [0.15, 0.2) is 46.0 Å². The van der Waals surface area contributed by atoms with Crippen LogP contribution >= 0.6 is 0 Å². The van der Waals surface area contributed by atoms with Gasteiger partial charge in [0.25, 0.3) is 0 Å². The number of carbonyl (C=O) groups is 2. The van der Waals surface area contributed by atoms with Crippen LogP contribution in [0.2, 0.25) is 0 Å². The Morgan fingerprint density at radius 1 is 1.20 bits per heavy atom. The van der Waals surface area contributed by atoms with Crippen molar-refractivity contribution in [2.24, 2.45) is 5.92 Å². The number of aromatic nitrogens is 2. The maximum atomic E-state index is 13.1. The molecule has 1 fully saturated rings. The van der Waals surface area contributed by atoms with Crippen LogP contribution in [0.4, 0.5) is 5.69 Å². The SMILES string of the molecule is O=C(CCc1cnc[nH]1)Nc1cccc([C@@H](c2c(O)c3c(oc2=O)CCCCCC3=O)C2CC2)c1. The van der Waals surface area contributed by atoms with Gasteiger partial charge >= 0.3 is 5.63 Å². The van der Waals surface area contributed by atoms with Crippen molar-refractivity contribution in [3.8, 4) is 5.75 Å². The van der Waals surface area contributed by atoms with Gasteiger partial charge in [-0.05, 0) is 55.7 Å². The molecule has 1 aromatic carbocycles. The van der Waals surface area contributed by atoms with Crippen LogP contribution in [0.1, 0.15) is 83.8 Å². The molecule has 182 valence electrons. The first-order valence-electron chi connectivity index (χ1n) is 12.3. The van der Waals surface area contributed by atoms with Crippen molar-refractivity contribution in [3.05, 3.63) is 75.4 Å². The van der Waals surface area contributed by atoms with Gasteiger partial charge in [-0.2, -0.15) is 0 Å². The summed E-state index contributed by atoms with van der Waals surface area (Å²) in [6, 6.07) is 7.36. The number of benzene rings is 1. The molecule has 8 heteroatoms. The lowest BCUT2D eigenvalue weighted by atomic mass is 9.85. The van der Waals surface area contributed by atoms with Crippen molar-refractivity contribution in [1.82, 2.24) is 9.97 Å². The number of aryl methyl sites for hydroxylation is 2. The number of hydrogen-bond acceptors (Lipinski definition) is 6. The highest BCUT2D eigenvalue weighted by Gasteiger charge is 2.39. The highest BCUT2D eigenvalue weighted by Crippen LogP contribution is 2.49. The smallest absolute Gasteiger partial charge is 0.343 e. The van der Waals surface area contributed by atoms with Crippen LogP contribution in [0.5, 0.6) is 5.75 Å². The normalized spacial score (nSPS) is 16.7. The van der Waals surface area contributed by atoms with E-state index in [2.05, 4.69) is 15.3 Å². The summed E-state index contributed by atoms with van der Waals surface area (Å²) in [4.78, 5) is 45.4. The molecule has 0 bridgehead atoms. The van der Waals surface area contributed by atoms with Crippen LogP contribution in [-0.4, -0.2) is 26.8 Å². The third kappa shape index (κ3) is 5.06. The Labute approximate surface area is 202 Å². The number of ketones is 1. The highest BCUT2D eigenvalue weighted by molar-refractivity contribution is 6.00. The summed E-state index contributed by atoms with van der Waals surface area (Å²) in [5, 5.41) is 14.1. The molecular formula is C27H29N3O5. The minimum Gasteiger partial charge on any atom is -0.506 e. The van der Waals surface area contributed by atoms with Crippen molar-refractivity contribution in [2.45, 2.75) is 63.7 Å². The van der Waals surface area contributed by atoms with Gasteiger partial charge in [0.1, 0.15) is 11.5 Å². The summed E-state index contributed by atoms with van der Waals surface area (Å²) in [7, 11) is 0.